The molecular formula is C16H20O5. The third-order valence-corrected chi connectivity index (χ3v) is 4.06. The maximum absolute atomic E-state index is 12.0. The van der Waals surface area contributed by atoms with Crippen molar-refractivity contribution in [1.82, 2.24) is 0 Å². The second-order valence-electron chi connectivity index (χ2n) is 5.29. The molecule has 5 heteroatoms. The number of carboxylic acid groups (broad SMARTS) is 1. The maximum atomic E-state index is 12.0. The first kappa shape index (κ1) is 15.4. The first-order valence-electron chi connectivity index (χ1n) is 7.12. The van der Waals surface area contributed by atoms with Gasteiger partial charge in [0.2, 0.25) is 0 Å². The van der Waals surface area contributed by atoms with Crippen molar-refractivity contribution < 1.29 is 24.2 Å². The molecule has 0 aromatic heterocycles. The molecule has 0 spiro atoms. The van der Waals surface area contributed by atoms with Crippen molar-refractivity contribution in [2.24, 2.45) is 5.41 Å². The number of carbonyl (C=O) groups is 2. The van der Waals surface area contributed by atoms with Crippen molar-refractivity contribution in [1.29, 1.82) is 0 Å². The Kier molecular flexibility index (Phi) is 4.83. The van der Waals surface area contributed by atoms with Gasteiger partial charge in [-0.05, 0) is 37.1 Å². The summed E-state index contributed by atoms with van der Waals surface area (Å²) >= 11 is 0. The Bertz CT molecular complexity index is 508. The second kappa shape index (κ2) is 6.61. The van der Waals surface area contributed by atoms with Gasteiger partial charge < -0.3 is 14.6 Å². The van der Waals surface area contributed by atoms with E-state index < -0.39 is 11.4 Å². The first-order chi connectivity index (χ1) is 10.1. The molecule has 1 N–H and O–H groups in total. The number of rotatable bonds is 6. The minimum absolute atomic E-state index is 0.167. The van der Waals surface area contributed by atoms with Gasteiger partial charge in [-0.15, -0.1) is 0 Å². The summed E-state index contributed by atoms with van der Waals surface area (Å²) in [5, 5.41) is 9.43. The highest BCUT2D eigenvalue weighted by Gasteiger charge is 2.46. The summed E-state index contributed by atoms with van der Waals surface area (Å²) in [7, 11) is 1.58. The minimum atomic E-state index is -1.26. The van der Waals surface area contributed by atoms with Gasteiger partial charge in [0.15, 0.2) is 0 Å². The molecule has 1 aliphatic carbocycles. The van der Waals surface area contributed by atoms with Gasteiger partial charge in [0, 0.05) is 12.8 Å². The predicted molar refractivity (Wildman–Crippen MR) is 76.6 cm³/mol. The van der Waals surface area contributed by atoms with Crippen molar-refractivity contribution in [2.75, 3.05) is 13.7 Å². The van der Waals surface area contributed by atoms with Crippen molar-refractivity contribution >= 4 is 11.8 Å². The summed E-state index contributed by atoms with van der Waals surface area (Å²) in [6.07, 6.45) is 2.54. The lowest BCUT2D eigenvalue weighted by Gasteiger charge is -2.31. The molecule has 0 saturated heterocycles. The largest absolute Gasteiger partial charge is 0.497 e. The standard InChI is InChI=1S/C16H20O5/c1-20-12-5-7-13(8-6-12)21-11-10-16(15(18)19)9-3-2-4-14(16)17/h5-8H,2-4,9-11H2,1H3,(H,18,19). The van der Waals surface area contributed by atoms with Gasteiger partial charge >= 0.3 is 5.97 Å². The monoisotopic (exact) mass is 292 g/mol. The maximum Gasteiger partial charge on any atom is 0.317 e. The zero-order valence-corrected chi connectivity index (χ0v) is 12.1. The Hall–Kier alpha value is -2.04. The predicted octanol–water partition coefficient (Wildman–Crippen LogP) is 2.68. The number of hydrogen-bond acceptors (Lipinski definition) is 4. The van der Waals surface area contributed by atoms with Gasteiger partial charge in [0.05, 0.1) is 13.7 Å². The molecule has 1 aliphatic rings. The smallest absolute Gasteiger partial charge is 0.317 e. The summed E-state index contributed by atoms with van der Waals surface area (Å²) < 4.78 is 10.6. The summed E-state index contributed by atoms with van der Waals surface area (Å²) in [5.74, 6) is 0.177. The van der Waals surface area contributed by atoms with Gasteiger partial charge in [-0.3, -0.25) is 9.59 Å². The SMILES string of the molecule is COc1ccc(OCCC2(C(=O)O)CCCCC2=O)cc1. The van der Waals surface area contributed by atoms with Gasteiger partial charge in [0.1, 0.15) is 22.7 Å². The molecule has 114 valence electrons. The highest BCUT2D eigenvalue weighted by atomic mass is 16.5. The Balaban J connectivity index is 1.96. The lowest BCUT2D eigenvalue weighted by Crippen LogP contribution is -2.42. The number of methoxy groups -OCH3 is 1. The van der Waals surface area contributed by atoms with E-state index in [0.717, 1.165) is 18.6 Å². The number of ketones is 1. The fourth-order valence-corrected chi connectivity index (χ4v) is 2.70. The fraction of sp³-hybridized carbons (Fsp3) is 0.500. The second-order valence-corrected chi connectivity index (χ2v) is 5.29. The Labute approximate surface area is 123 Å². The molecule has 2 rings (SSSR count). The van der Waals surface area contributed by atoms with E-state index in [0.29, 0.717) is 18.6 Å². The van der Waals surface area contributed by atoms with Crippen LogP contribution >= 0.6 is 0 Å². The third kappa shape index (κ3) is 3.35. The number of ether oxygens (including phenoxy) is 2. The van der Waals surface area contributed by atoms with Crippen molar-refractivity contribution in [3.05, 3.63) is 24.3 Å². The average molecular weight is 292 g/mol. The van der Waals surface area contributed by atoms with E-state index in [1.807, 2.05) is 0 Å². The zero-order chi connectivity index (χ0) is 15.3. The van der Waals surface area contributed by atoms with E-state index in [1.54, 1.807) is 31.4 Å². The van der Waals surface area contributed by atoms with Crippen LogP contribution in [0.15, 0.2) is 24.3 Å². The normalized spacial score (nSPS) is 21.9. The molecule has 1 saturated carbocycles. The number of benzene rings is 1. The van der Waals surface area contributed by atoms with Crippen LogP contribution < -0.4 is 9.47 Å². The third-order valence-electron chi connectivity index (χ3n) is 4.06. The Morgan fingerprint density at radius 3 is 2.48 bits per heavy atom. The van der Waals surface area contributed by atoms with Gasteiger partial charge in [-0.1, -0.05) is 6.42 Å². The molecule has 5 nitrogen and oxygen atoms in total. The number of aliphatic carboxylic acids is 1. The van der Waals surface area contributed by atoms with Gasteiger partial charge in [-0.25, -0.2) is 0 Å². The molecule has 0 amide bonds. The molecule has 1 aromatic rings. The van der Waals surface area contributed by atoms with E-state index in [1.165, 1.54) is 0 Å². The highest BCUT2D eigenvalue weighted by molar-refractivity contribution is 6.03. The highest BCUT2D eigenvalue weighted by Crippen LogP contribution is 2.37. The van der Waals surface area contributed by atoms with Crippen LogP contribution in [-0.2, 0) is 9.59 Å². The molecule has 0 heterocycles. The lowest BCUT2D eigenvalue weighted by atomic mass is 9.71. The number of Topliss-reactive ketones (excluding diaryl/α,β-unsaturated/α-hetero) is 1. The summed E-state index contributed by atoms with van der Waals surface area (Å²) in [6.45, 7) is 0.213. The van der Waals surface area contributed by atoms with Crippen LogP contribution in [0.2, 0.25) is 0 Å². The molecule has 1 fully saturated rings. The molecule has 21 heavy (non-hydrogen) atoms. The van der Waals surface area contributed by atoms with Crippen molar-refractivity contribution in [2.45, 2.75) is 32.1 Å². The number of carbonyl (C=O) groups excluding carboxylic acids is 1. The van der Waals surface area contributed by atoms with Crippen LogP contribution in [0.25, 0.3) is 0 Å². The average Bonchev–Trinajstić information content (AvgIpc) is 2.50. The lowest BCUT2D eigenvalue weighted by molar-refractivity contribution is -0.158. The first-order valence-corrected chi connectivity index (χ1v) is 7.12. The van der Waals surface area contributed by atoms with E-state index in [-0.39, 0.29) is 18.8 Å². The van der Waals surface area contributed by atoms with Crippen LogP contribution in [-0.4, -0.2) is 30.6 Å². The summed E-state index contributed by atoms with van der Waals surface area (Å²) in [4.78, 5) is 23.6. The van der Waals surface area contributed by atoms with Gasteiger partial charge in [0.25, 0.3) is 0 Å². The van der Waals surface area contributed by atoms with E-state index >= 15 is 0 Å². The minimum Gasteiger partial charge on any atom is -0.497 e. The van der Waals surface area contributed by atoms with E-state index in [2.05, 4.69) is 0 Å². The number of hydrogen-bond donors (Lipinski definition) is 1. The summed E-state index contributed by atoms with van der Waals surface area (Å²) in [5.41, 5.74) is -1.26. The van der Waals surface area contributed by atoms with Crippen LogP contribution in [0, 0.1) is 5.41 Å². The Morgan fingerprint density at radius 1 is 1.24 bits per heavy atom. The van der Waals surface area contributed by atoms with Gasteiger partial charge in [-0.2, -0.15) is 0 Å². The van der Waals surface area contributed by atoms with Crippen LogP contribution in [0.5, 0.6) is 11.5 Å². The van der Waals surface area contributed by atoms with Crippen LogP contribution in [0.4, 0.5) is 0 Å². The van der Waals surface area contributed by atoms with E-state index in [9.17, 15) is 14.7 Å². The van der Waals surface area contributed by atoms with Crippen LogP contribution in [0.3, 0.4) is 0 Å². The van der Waals surface area contributed by atoms with Crippen LogP contribution in [0.1, 0.15) is 32.1 Å². The molecule has 1 aromatic carbocycles. The molecule has 0 bridgehead atoms. The zero-order valence-electron chi connectivity index (χ0n) is 12.1. The molecule has 1 unspecified atom stereocenters. The van der Waals surface area contributed by atoms with Crippen molar-refractivity contribution in [3.8, 4) is 11.5 Å². The molecular weight excluding hydrogens is 272 g/mol. The molecule has 0 aliphatic heterocycles. The van der Waals surface area contributed by atoms with Crippen molar-refractivity contribution in [3.63, 3.8) is 0 Å². The molecule has 1 atom stereocenters. The topological polar surface area (TPSA) is 72.8 Å². The Morgan fingerprint density at radius 2 is 1.90 bits per heavy atom. The quantitative estimate of drug-likeness (QED) is 0.816. The van der Waals surface area contributed by atoms with E-state index in [4.69, 9.17) is 9.47 Å². The number of carboxylic acids is 1. The summed E-state index contributed by atoms with van der Waals surface area (Å²) in [6, 6.07) is 7.06. The fourth-order valence-electron chi connectivity index (χ4n) is 2.70. The molecule has 0 radical (unpaired) electrons.